The van der Waals surface area contributed by atoms with Gasteiger partial charge in [0, 0.05) is 23.5 Å². The average Bonchev–Trinajstić information content (AvgIpc) is 3.13. The van der Waals surface area contributed by atoms with E-state index in [2.05, 4.69) is 10.3 Å². The topological polar surface area (TPSA) is 55.6 Å². The molecule has 0 saturated carbocycles. The number of aromatic nitrogens is 2. The molecule has 2 heterocycles. The van der Waals surface area contributed by atoms with Crippen LogP contribution in [0.15, 0.2) is 79.1 Å². The summed E-state index contributed by atoms with van der Waals surface area (Å²) in [7, 11) is 1.61. The number of imidazole rings is 1. The lowest BCUT2D eigenvalue weighted by Crippen LogP contribution is -2.15. The molecule has 0 atom stereocenters. The highest BCUT2D eigenvalue weighted by Gasteiger charge is 2.13. The van der Waals surface area contributed by atoms with Gasteiger partial charge in [-0.3, -0.25) is 4.79 Å². The molecular weight excluding hydrogens is 338 g/mol. The molecule has 0 spiro atoms. The lowest BCUT2D eigenvalue weighted by atomic mass is 10.1. The maximum Gasteiger partial charge on any atom is 0.228 e. The number of rotatable bonds is 5. The fourth-order valence-electron chi connectivity index (χ4n) is 3.10. The minimum absolute atomic E-state index is 0.101. The molecule has 0 unspecified atom stereocenters. The maximum atomic E-state index is 12.6. The first-order valence-corrected chi connectivity index (χ1v) is 8.69. The van der Waals surface area contributed by atoms with Crippen molar-refractivity contribution in [3.63, 3.8) is 0 Å². The molecule has 0 radical (unpaired) electrons. The Morgan fingerprint density at radius 3 is 2.67 bits per heavy atom. The zero-order chi connectivity index (χ0) is 18.6. The predicted molar refractivity (Wildman–Crippen MR) is 106 cm³/mol. The van der Waals surface area contributed by atoms with Crippen molar-refractivity contribution in [2.45, 2.75) is 6.42 Å². The normalized spacial score (nSPS) is 10.7. The molecule has 0 aliphatic carbocycles. The van der Waals surface area contributed by atoms with Gasteiger partial charge in [-0.1, -0.05) is 42.5 Å². The van der Waals surface area contributed by atoms with Crippen LogP contribution >= 0.6 is 0 Å². The largest absolute Gasteiger partial charge is 0.496 e. The van der Waals surface area contributed by atoms with Crippen LogP contribution in [0.2, 0.25) is 0 Å². The summed E-state index contributed by atoms with van der Waals surface area (Å²) < 4.78 is 7.29. The van der Waals surface area contributed by atoms with Crippen molar-refractivity contribution in [3.05, 3.63) is 84.7 Å². The molecule has 0 aliphatic heterocycles. The minimum Gasteiger partial charge on any atom is -0.496 e. The minimum atomic E-state index is -0.101. The van der Waals surface area contributed by atoms with Gasteiger partial charge in [0.15, 0.2) is 0 Å². The van der Waals surface area contributed by atoms with Crippen LogP contribution in [-0.4, -0.2) is 22.4 Å². The summed E-state index contributed by atoms with van der Waals surface area (Å²) in [6.07, 6.45) is 4.15. The lowest BCUT2D eigenvalue weighted by Gasteiger charge is -2.11. The van der Waals surface area contributed by atoms with Gasteiger partial charge in [0.05, 0.1) is 24.9 Å². The highest BCUT2D eigenvalue weighted by atomic mass is 16.5. The third-order valence-electron chi connectivity index (χ3n) is 4.38. The third-order valence-corrected chi connectivity index (χ3v) is 4.38. The Morgan fingerprint density at radius 2 is 1.81 bits per heavy atom. The smallest absolute Gasteiger partial charge is 0.228 e. The Balaban J connectivity index is 1.60. The van der Waals surface area contributed by atoms with E-state index in [0.717, 1.165) is 28.2 Å². The van der Waals surface area contributed by atoms with E-state index >= 15 is 0 Å². The van der Waals surface area contributed by atoms with Crippen LogP contribution in [-0.2, 0) is 11.2 Å². The highest BCUT2D eigenvalue weighted by molar-refractivity contribution is 5.96. The first-order valence-electron chi connectivity index (χ1n) is 8.69. The quantitative estimate of drug-likeness (QED) is 0.583. The van der Waals surface area contributed by atoms with Crippen molar-refractivity contribution in [2.75, 3.05) is 12.4 Å². The van der Waals surface area contributed by atoms with Gasteiger partial charge in [-0.25, -0.2) is 4.98 Å². The molecule has 0 aliphatic rings. The van der Waals surface area contributed by atoms with Crippen LogP contribution in [0, 0.1) is 0 Å². The summed E-state index contributed by atoms with van der Waals surface area (Å²) in [4.78, 5) is 17.3. The Bertz CT molecular complexity index is 1070. The van der Waals surface area contributed by atoms with E-state index in [1.165, 1.54) is 0 Å². The Labute approximate surface area is 157 Å². The van der Waals surface area contributed by atoms with Crippen LogP contribution in [0.5, 0.6) is 5.75 Å². The van der Waals surface area contributed by atoms with E-state index in [4.69, 9.17) is 4.74 Å². The number of ether oxygens (including phenoxy) is 1. The second-order valence-electron chi connectivity index (χ2n) is 6.17. The second-order valence-corrected chi connectivity index (χ2v) is 6.17. The molecule has 27 heavy (non-hydrogen) atoms. The van der Waals surface area contributed by atoms with Crippen LogP contribution in [0.3, 0.4) is 0 Å². The third kappa shape index (κ3) is 3.53. The van der Waals surface area contributed by atoms with Gasteiger partial charge in [-0.15, -0.1) is 0 Å². The van der Waals surface area contributed by atoms with Crippen LogP contribution < -0.4 is 10.1 Å². The molecule has 2 aromatic carbocycles. The zero-order valence-corrected chi connectivity index (χ0v) is 14.9. The average molecular weight is 357 g/mol. The van der Waals surface area contributed by atoms with E-state index < -0.39 is 0 Å². The molecule has 5 nitrogen and oxygen atoms in total. The van der Waals surface area contributed by atoms with Crippen molar-refractivity contribution >= 4 is 17.2 Å². The van der Waals surface area contributed by atoms with Crippen LogP contribution in [0.4, 0.5) is 5.69 Å². The van der Waals surface area contributed by atoms with E-state index in [0.29, 0.717) is 5.75 Å². The molecule has 1 N–H and O–H groups in total. The number of methoxy groups -OCH3 is 1. The number of hydrogen-bond donors (Lipinski definition) is 1. The SMILES string of the molecule is COc1ccccc1CC(=O)Nc1ccccc1-c1cn2ccccc2n1. The molecule has 2 aromatic heterocycles. The highest BCUT2D eigenvalue weighted by Crippen LogP contribution is 2.28. The van der Waals surface area contributed by atoms with Crippen molar-refractivity contribution in [2.24, 2.45) is 0 Å². The number of hydrogen-bond acceptors (Lipinski definition) is 3. The summed E-state index contributed by atoms with van der Waals surface area (Å²) in [6.45, 7) is 0. The number of nitrogens with zero attached hydrogens (tertiary/aromatic N) is 2. The summed E-state index contributed by atoms with van der Waals surface area (Å²) in [6, 6.07) is 21.1. The fraction of sp³-hybridized carbons (Fsp3) is 0.0909. The Morgan fingerprint density at radius 1 is 1.04 bits per heavy atom. The fourth-order valence-corrected chi connectivity index (χ4v) is 3.10. The molecular formula is C22H19N3O2. The number of carbonyl (C=O) groups is 1. The van der Waals surface area contributed by atoms with Crippen molar-refractivity contribution < 1.29 is 9.53 Å². The molecule has 5 heteroatoms. The summed E-state index contributed by atoms with van der Waals surface area (Å²) >= 11 is 0. The molecule has 0 fully saturated rings. The number of nitrogens with one attached hydrogen (secondary N) is 1. The number of amides is 1. The summed E-state index contributed by atoms with van der Waals surface area (Å²) in [5.41, 5.74) is 4.15. The number of carbonyl (C=O) groups excluding carboxylic acids is 1. The molecule has 1 amide bonds. The number of para-hydroxylation sites is 2. The van der Waals surface area contributed by atoms with E-state index in [1.54, 1.807) is 7.11 Å². The van der Waals surface area contributed by atoms with Crippen molar-refractivity contribution in [3.8, 4) is 17.0 Å². The number of fused-ring (bicyclic) bond motifs is 1. The Hall–Kier alpha value is -3.60. The van der Waals surface area contributed by atoms with Gasteiger partial charge in [0.1, 0.15) is 11.4 Å². The molecule has 4 rings (SSSR count). The number of benzene rings is 2. The van der Waals surface area contributed by atoms with Gasteiger partial charge in [0.2, 0.25) is 5.91 Å². The van der Waals surface area contributed by atoms with E-state index in [9.17, 15) is 4.79 Å². The second kappa shape index (κ2) is 7.33. The van der Waals surface area contributed by atoms with Crippen molar-refractivity contribution in [1.82, 2.24) is 9.38 Å². The zero-order valence-electron chi connectivity index (χ0n) is 14.9. The molecule has 0 saturated heterocycles. The number of anilines is 1. The van der Waals surface area contributed by atoms with Gasteiger partial charge in [-0.2, -0.15) is 0 Å². The van der Waals surface area contributed by atoms with Gasteiger partial charge < -0.3 is 14.5 Å². The summed E-state index contributed by atoms with van der Waals surface area (Å²) in [5.74, 6) is 0.608. The van der Waals surface area contributed by atoms with Gasteiger partial charge in [-0.05, 0) is 24.3 Å². The van der Waals surface area contributed by atoms with Crippen LogP contribution in [0.1, 0.15) is 5.56 Å². The molecule has 0 bridgehead atoms. The van der Waals surface area contributed by atoms with E-state index in [-0.39, 0.29) is 12.3 Å². The standard InChI is InChI=1S/C22H19N3O2/c1-27-20-11-5-2-8-16(20)14-22(26)24-18-10-4-3-9-17(18)19-15-25-13-7-6-12-21(25)23-19/h2-13,15H,14H2,1H3,(H,24,26). The van der Waals surface area contributed by atoms with E-state index in [1.807, 2.05) is 83.5 Å². The van der Waals surface area contributed by atoms with Gasteiger partial charge >= 0.3 is 0 Å². The number of pyridine rings is 1. The summed E-state index contributed by atoms with van der Waals surface area (Å²) in [5, 5.41) is 3.01. The Kier molecular flexibility index (Phi) is 4.58. The first kappa shape index (κ1) is 16.8. The first-order chi connectivity index (χ1) is 13.2. The molecule has 134 valence electrons. The van der Waals surface area contributed by atoms with Crippen LogP contribution in [0.25, 0.3) is 16.9 Å². The maximum absolute atomic E-state index is 12.6. The molecule has 4 aromatic rings. The van der Waals surface area contributed by atoms with Crippen molar-refractivity contribution in [1.29, 1.82) is 0 Å². The predicted octanol–water partition coefficient (Wildman–Crippen LogP) is 4.19. The lowest BCUT2D eigenvalue weighted by molar-refractivity contribution is -0.115. The monoisotopic (exact) mass is 357 g/mol. The van der Waals surface area contributed by atoms with Gasteiger partial charge in [0.25, 0.3) is 0 Å².